The van der Waals surface area contributed by atoms with E-state index < -0.39 is 0 Å². The molecule has 3 aromatic rings. The average molecular weight is 467 g/mol. The van der Waals surface area contributed by atoms with Gasteiger partial charge in [-0.3, -0.25) is 4.79 Å². The number of aromatic nitrogens is 2. The van der Waals surface area contributed by atoms with E-state index in [0.29, 0.717) is 22.3 Å². The maximum atomic E-state index is 12.7. The summed E-state index contributed by atoms with van der Waals surface area (Å²) in [6, 6.07) is 13.0. The van der Waals surface area contributed by atoms with Crippen LogP contribution in [0.3, 0.4) is 0 Å². The van der Waals surface area contributed by atoms with E-state index in [1.54, 1.807) is 25.3 Å². The largest absolute Gasteiger partial charge is 0.495 e. The summed E-state index contributed by atoms with van der Waals surface area (Å²) in [4.78, 5) is 23.6. The molecular formula is C25H27ClN4O3. The van der Waals surface area contributed by atoms with Crippen LogP contribution in [0.1, 0.15) is 24.0 Å². The number of aryl methyl sites for hydroxylation is 1. The standard InChI is InChI=1S/C25H27ClN4O3/c1-16-5-4-6-21(17(16)2)33-24-14-23(27-15-28-24)30-11-9-18(10-12-30)25(31)29-19-7-8-22(32-3)20(26)13-19/h4-8,13-15,18H,9-12H2,1-3H3,(H,29,31). The summed E-state index contributed by atoms with van der Waals surface area (Å²) in [7, 11) is 1.56. The Morgan fingerprint density at radius 3 is 2.61 bits per heavy atom. The van der Waals surface area contributed by atoms with Crippen molar-refractivity contribution in [2.45, 2.75) is 26.7 Å². The van der Waals surface area contributed by atoms with Gasteiger partial charge in [0, 0.05) is 30.8 Å². The van der Waals surface area contributed by atoms with E-state index in [0.717, 1.165) is 43.1 Å². The molecule has 0 bridgehead atoms. The van der Waals surface area contributed by atoms with Crippen LogP contribution in [-0.4, -0.2) is 36.1 Å². The van der Waals surface area contributed by atoms with Crippen molar-refractivity contribution in [1.29, 1.82) is 0 Å². The molecule has 1 saturated heterocycles. The average Bonchev–Trinajstić information content (AvgIpc) is 2.82. The van der Waals surface area contributed by atoms with Gasteiger partial charge in [0.2, 0.25) is 11.8 Å². The molecule has 0 saturated carbocycles. The first kappa shape index (κ1) is 22.9. The number of hydrogen-bond donors (Lipinski definition) is 1. The number of rotatable bonds is 6. The van der Waals surface area contributed by atoms with E-state index in [1.165, 1.54) is 11.9 Å². The Balaban J connectivity index is 1.36. The Bertz CT molecular complexity index is 1150. The number of amides is 1. The minimum atomic E-state index is -0.0744. The number of carbonyl (C=O) groups excluding carboxylic acids is 1. The number of piperidine rings is 1. The Morgan fingerprint density at radius 2 is 1.88 bits per heavy atom. The fourth-order valence-corrected chi connectivity index (χ4v) is 4.12. The van der Waals surface area contributed by atoms with E-state index in [9.17, 15) is 4.79 Å². The molecule has 1 aliphatic heterocycles. The van der Waals surface area contributed by atoms with E-state index in [4.69, 9.17) is 21.1 Å². The molecule has 4 rings (SSSR count). The third-order valence-corrected chi connectivity index (χ3v) is 6.30. The molecule has 0 atom stereocenters. The highest BCUT2D eigenvalue weighted by Crippen LogP contribution is 2.30. The van der Waals surface area contributed by atoms with Gasteiger partial charge in [-0.2, -0.15) is 0 Å². The van der Waals surface area contributed by atoms with Crippen LogP contribution < -0.4 is 19.7 Å². The van der Waals surface area contributed by atoms with E-state index in [2.05, 4.69) is 33.2 Å². The van der Waals surface area contributed by atoms with Gasteiger partial charge < -0.3 is 19.7 Å². The Kier molecular flexibility index (Phi) is 6.99. The summed E-state index contributed by atoms with van der Waals surface area (Å²) in [6.07, 6.45) is 2.97. The first-order valence-corrected chi connectivity index (χ1v) is 11.3. The second-order valence-corrected chi connectivity index (χ2v) is 8.52. The zero-order chi connectivity index (χ0) is 23.4. The molecule has 172 valence electrons. The number of nitrogens with one attached hydrogen (secondary N) is 1. The highest BCUT2D eigenvalue weighted by atomic mass is 35.5. The lowest BCUT2D eigenvalue weighted by Gasteiger charge is -2.32. The summed E-state index contributed by atoms with van der Waals surface area (Å²) in [5.74, 6) is 2.59. The zero-order valence-corrected chi connectivity index (χ0v) is 19.7. The van der Waals surface area contributed by atoms with Crippen molar-refractivity contribution < 1.29 is 14.3 Å². The van der Waals surface area contributed by atoms with Gasteiger partial charge in [-0.1, -0.05) is 23.7 Å². The van der Waals surface area contributed by atoms with Crippen LogP contribution in [0.4, 0.5) is 11.5 Å². The maximum absolute atomic E-state index is 12.7. The molecule has 1 aliphatic rings. The smallest absolute Gasteiger partial charge is 0.227 e. The molecule has 1 N–H and O–H groups in total. The van der Waals surface area contributed by atoms with Crippen molar-refractivity contribution in [3.63, 3.8) is 0 Å². The summed E-state index contributed by atoms with van der Waals surface area (Å²) in [5.41, 5.74) is 2.92. The maximum Gasteiger partial charge on any atom is 0.227 e. The van der Waals surface area contributed by atoms with Crippen LogP contribution in [0.15, 0.2) is 48.8 Å². The summed E-state index contributed by atoms with van der Waals surface area (Å²) >= 11 is 6.16. The number of halogens is 1. The molecule has 2 heterocycles. The molecule has 2 aromatic carbocycles. The normalized spacial score (nSPS) is 14.1. The van der Waals surface area contributed by atoms with Gasteiger partial charge in [0.15, 0.2) is 0 Å². The van der Waals surface area contributed by atoms with Gasteiger partial charge in [0.05, 0.1) is 12.1 Å². The number of hydrogen-bond acceptors (Lipinski definition) is 6. The van der Waals surface area contributed by atoms with Crippen molar-refractivity contribution in [1.82, 2.24) is 9.97 Å². The van der Waals surface area contributed by atoms with Crippen LogP contribution in [0, 0.1) is 19.8 Å². The van der Waals surface area contributed by atoms with Crippen molar-refractivity contribution in [2.24, 2.45) is 5.92 Å². The van der Waals surface area contributed by atoms with Crippen molar-refractivity contribution in [3.05, 3.63) is 64.9 Å². The number of carbonyl (C=O) groups is 1. The Labute approximate surface area is 198 Å². The van der Waals surface area contributed by atoms with Crippen molar-refractivity contribution >= 4 is 29.0 Å². The lowest BCUT2D eigenvalue weighted by Crippen LogP contribution is -2.38. The van der Waals surface area contributed by atoms with Gasteiger partial charge in [-0.25, -0.2) is 9.97 Å². The first-order chi connectivity index (χ1) is 15.9. The minimum Gasteiger partial charge on any atom is -0.495 e. The summed E-state index contributed by atoms with van der Waals surface area (Å²) < 4.78 is 11.2. The van der Waals surface area contributed by atoms with Crippen LogP contribution in [0.25, 0.3) is 0 Å². The predicted octanol–water partition coefficient (Wildman–Crippen LogP) is 5.40. The molecule has 0 spiro atoms. The molecular weight excluding hydrogens is 440 g/mol. The number of benzene rings is 2. The third kappa shape index (κ3) is 5.37. The van der Waals surface area contributed by atoms with E-state index in [-0.39, 0.29) is 11.8 Å². The number of ether oxygens (including phenoxy) is 2. The van der Waals surface area contributed by atoms with Gasteiger partial charge in [-0.15, -0.1) is 0 Å². The Morgan fingerprint density at radius 1 is 1.09 bits per heavy atom. The van der Waals surface area contributed by atoms with Crippen molar-refractivity contribution in [3.8, 4) is 17.4 Å². The minimum absolute atomic E-state index is 0.00230. The predicted molar refractivity (Wildman–Crippen MR) is 130 cm³/mol. The molecule has 33 heavy (non-hydrogen) atoms. The molecule has 0 radical (unpaired) electrons. The fourth-order valence-electron chi connectivity index (χ4n) is 3.87. The number of methoxy groups -OCH3 is 1. The topological polar surface area (TPSA) is 76.6 Å². The molecule has 7 nitrogen and oxygen atoms in total. The van der Waals surface area contributed by atoms with Crippen LogP contribution >= 0.6 is 11.6 Å². The third-order valence-electron chi connectivity index (χ3n) is 6.01. The van der Waals surface area contributed by atoms with Crippen molar-refractivity contribution in [2.75, 3.05) is 30.4 Å². The number of nitrogens with zero attached hydrogens (tertiary/aromatic N) is 3. The highest BCUT2D eigenvalue weighted by molar-refractivity contribution is 6.32. The van der Waals surface area contributed by atoms with Gasteiger partial charge in [0.25, 0.3) is 0 Å². The first-order valence-electron chi connectivity index (χ1n) is 10.9. The van der Waals surface area contributed by atoms with Crippen LogP contribution in [0.5, 0.6) is 17.4 Å². The van der Waals surface area contributed by atoms with Crippen LogP contribution in [-0.2, 0) is 4.79 Å². The van der Waals surface area contributed by atoms with E-state index >= 15 is 0 Å². The quantitative estimate of drug-likeness (QED) is 0.524. The van der Waals surface area contributed by atoms with Gasteiger partial charge in [-0.05, 0) is 62.1 Å². The lowest BCUT2D eigenvalue weighted by atomic mass is 9.96. The number of anilines is 2. The summed E-state index contributed by atoms with van der Waals surface area (Å²) in [6.45, 7) is 5.53. The van der Waals surface area contributed by atoms with Gasteiger partial charge in [0.1, 0.15) is 23.6 Å². The van der Waals surface area contributed by atoms with Gasteiger partial charge >= 0.3 is 0 Å². The lowest BCUT2D eigenvalue weighted by molar-refractivity contribution is -0.120. The molecule has 0 unspecified atom stereocenters. The van der Waals surface area contributed by atoms with E-state index in [1.807, 2.05) is 25.1 Å². The molecule has 1 amide bonds. The fraction of sp³-hybridized carbons (Fsp3) is 0.320. The second kappa shape index (κ2) is 10.1. The zero-order valence-electron chi connectivity index (χ0n) is 19.0. The molecule has 1 fully saturated rings. The summed E-state index contributed by atoms with van der Waals surface area (Å²) in [5, 5.41) is 3.43. The molecule has 0 aliphatic carbocycles. The van der Waals surface area contributed by atoms with Crippen LogP contribution in [0.2, 0.25) is 5.02 Å². The second-order valence-electron chi connectivity index (χ2n) is 8.11. The molecule has 1 aromatic heterocycles. The monoisotopic (exact) mass is 466 g/mol. The molecule has 8 heteroatoms. The SMILES string of the molecule is COc1ccc(NC(=O)C2CCN(c3cc(Oc4cccc(C)c4C)ncn3)CC2)cc1Cl. The highest BCUT2D eigenvalue weighted by Gasteiger charge is 2.26. The Hall–Kier alpha value is -3.32.